The summed E-state index contributed by atoms with van der Waals surface area (Å²) in [5.41, 5.74) is 1.03. The second kappa shape index (κ2) is 4.33. The summed E-state index contributed by atoms with van der Waals surface area (Å²) in [4.78, 5) is 1.98. The van der Waals surface area contributed by atoms with Crippen LogP contribution in [0.2, 0.25) is 0 Å². The summed E-state index contributed by atoms with van der Waals surface area (Å²) in [6, 6.07) is 8.29. The molecule has 1 aliphatic rings. The van der Waals surface area contributed by atoms with Crippen LogP contribution in [-0.2, 0) is 0 Å². The monoisotopic (exact) mass is 344 g/mol. The van der Waals surface area contributed by atoms with Crippen molar-refractivity contribution in [3.8, 4) is 0 Å². The van der Waals surface area contributed by atoms with Crippen LogP contribution in [0, 0.1) is 3.57 Å². The summed E-state index contributed by atoms with van der Waals surface area (Å²) in [6.45, 7) is 4.20. The predicted molar refractivity (Wildman–Crippen MR) is 80.6 cm³/mol. The molecule has 1 aromatic rings. The molecule has 0 saturated carbocycles. The second-order valence-corrected chi connectivity index (χ2v) is 5.95. The lowest BCUT2D eigenvalue weighted by Gasteiger charge is -2.34. The molecule has 0 fully saturated rings. The van der Waals surface area contributed by atoms with Gasteiger partial charge in [0.25, 0.3) is 0 Å². The Balaban J connectivity index is 2.29. The van der Waals surface area contributed by atoms with Crippen LogP contribution < -0.4 is 10.2 Å². The Morgan fingerprint density at radius 2 is 1.88 bits per heavy atom. The van der Waals surface area contributed by atoms with Gasteiger partial charge >= 0.3 is 0 Å². The molecule has 4 heteroatoms. The van der Waals surface area contributed by atoms with Gasteiger partial charge in [-0.1, -0.05) is 0 Å². The van der Waals surface area contributed by atoms with Crippen molar-refractivity contribution in [2.75, 3.05) is 4.90 Å². The fourth-order valence-corrected chi connectivity index (χ4v) is 2.30. The second-order valence-electron chi connectivity index (χ2n) is 4.31. The summed E-state index contributed by atoms with van der Waals surface area (Å²) in [6.07, 6.45) is 4.14. The molecule has 0 amide bonds. The van der Waals surface area contributed by atoms with Crippen molar-refractivity contribution < 1.29 is 0 Å². The third-order valence-electron chi connectivity index (χ3n) is 2.39. The van der Waals surface area contributed by atoms with Crippen molar-refractivity contribution in [3.05, 3.63) is 40.1 Å². The number of benzene rings is 1. The fraction of sp³-hybridized carbons (Fsp3) is 0.250. The lowest BCUT2D eigenvalue weighted by molar-refractivity contribution is 0.566. The molecule has 0 spiro atoms. The van der Waals surface area contributed by atoms with E-state index in [1.807, 2.05) is 11.1 Å². The van der Waals surface area contributed by atoms with Crippen LogP contribution >= 0.6 is 34.8 Å². The highest BCUT2D eigenvalue weighted by Gasteiger charge is 2.23. The van der Waals surface area contributed by atoms with E-state index in [0.29, 0.717) is 0 Å². The quantitative estimate of drug-likeness (QED) is 0.622. The average molecular weight is 344 g/mol. The van der Waals surface area contributed by atoms with Crippen LogP contribution in [0.4, 0.5) is 5.69 Å². The van der Waals surface area contributed by atoms with Gasteiger partial charge in [0.2, 0.25) is 0 Å². The zero-order valence-electron chi connectivity index (χ0n) is 9.20. The van der Waals surface area contributed by atoms with Gasteiger partial charge in [-0.3, -0.25) is 4.90 Å². The van der Waals surface area contributed by atoms with E-state index >= 15 is 0 Å². The zero-order chi connectivity index (χ0) is 11.8. The van der Waals surface area contributed by atoms with Gasteiger partial charge in [-0.25, -0.2) is 0 Å². The SMILES string of the molecule is CC1(C)C=CN(c2ccc(I)cc2)C(=S)N1. The minimum atomic E-state index is -0.0587. The molecule has 0 radical (unpaired) electrons. The van der Waals surface area contributed by atoms with Crippen molar-refractivity contribution >= 4 is 45.6 Å². The highest BCUT2D eigenvalue weighted by Crippen LogP contribution is 2.21. The van der Waals surface area contributed by atoms with Crippen molar-refractivity contribution in [1.29, 1.82) is 0 Å². The van der Waals surface area contributed by atoms with Crippen LogP contribution in [0.25, 0.3) is 0 Å². The first-order valence-electron chi connectivity index (χ1n) is 5.04. The zero-order valence-corrected chi connectivity index (χ0v) is 12.2. The van der Waals surface area contributed by atoms with E-state index in [-0.39, 0.29) is 5.54 Å². The van der Waals surface area contributed by atoms with E-state index in [1.165, 1.54) is 3.57 Å². The van der Waals surface area contributed by atoms with Crippen LogP contribution in [0.5, 0.6) is 0 Å². The normalized spacial score (nSPS) is 18.4. The molecule has 1 N–H and O–H groups in total. The number of anilines is 1. The number of hydrogen-bond acceptors (Lipinski definition) is 1. The Kier molecular flexibility index (Phi) is 3.21. The van der Waals surface area contributed by atoms with E-state index in [1.54, 1.807) is 0 Å². The molecular weight excluding hydrogens is 331 g/mol. The first kappa shape index (κ1) is 11.9. The minimum absolute atomic E-state index is 0.0587. The summed E-state index contributed by atoms with van der Waals surface area (Å²) in [5, 5.41) is 4.03. The van der Waals surface area contributed by atoms with Gasteiger partial charge in [0.1, 0.15) is 0 Å². The summed E-state index contributed by atoms with van der Waals surface area (Å²) < 4.78 is 1.22. The maximum absolute atomic E-state index is 5.35. The summed E-state index contributed by atoms with van der Waals surface area (Å²) in [7, 11) is 0. The molecule has 2 nitrogen and oxygen atoms in total. The highest BCUT2D eigenvalue weighted by molar-refractivity contribution is 14.1. The van der Waals surface area contributed by atoms with Crippen LogP contribution in [-0.4, -0.2) is 10.7 Å². The Labute approximate surface area is 115 Å². The van der Waals surface area contributed by atoms with E-state index in [2.05, 4.69) is 72.1 Å². The van der Waals surface area contributed by atoms with E-state index < -0.39 is 0 Å². The van der Waals surface area contributed by atoms with Gasteiger partial charge in [-0.05, 0) is 79.0 Å². The molecule has 84 valence electrons. The van der Waals surface area contributed by atoms with Crippen molar-refractivity contribution in [1.82, 2.24) is 5.32 Å². The van der Waals surface area contributed by atoms with Crippen LogP contribution in [0.3, 0.4) is 0 Å². The molecule has 1 heterocycles. The standard InChI is InChI=1S/C12H13IN2S/c1-12(2)7-8-15(11(16)14-12)10-5-3-9(13)4-6-10/h3-8H,1-2H3,(H,14,16). The maximum Gasteiger partial charge on any atom is 0.178 e. The van der Waals surface area contributed by atoms with Crippen molar-refractivity contribution in [3.63, 3.8) is 0 Å². The third kappa shape index (κ3) is 2.55. The Morgan fingerprint density at radius 1 is 1.25 bits per heavy atom. The van der Waals surface area contributed by atoms with Gasteiger partial charge in [-0.15, -0.1) is 0 Å². The predicted octanol–water partition coefficient (Wildman–Crippen LogP) is 3.28. The largest absolute Gasteiger partial charge is 0.354 e. The number of rotatable bonds is 1. The third-order valence-corrected chi connectivity index (χ3v) is 3.41. The molecule has 0 bridgehead atoms. The van der Waals surface area contributed by atoms with Gasteiger partial charge in [-0.2, -0.15) is 0 Å². The molecule has 0 aromatic heterocycles. The summed E-state index contributed by atoms with van der Waals surface area (Å²) >= 11 is 7.65. The fourth-order valence-electron chi connectivity index (χ4n) is 1.51. The minimum Gasteiger partial charge on any atom is -0.354 e. The van der Waals surface area contributed by atoms with Crippen molar-refractivity contribution in [2.24, 2.45) is 0 Å². The average Bonchev–Trinajstić information content (AvgIpc) is 2.19. The maximum atomic E-state index is 5.35. The topological polar surface area (TPSA) is 15.3 Å². The summed E-state index contributed by atoms with van der Waals surface area (Å²) in [5.74, 6) is 0. The Hall–Kier alpha value is -0.620. The number of halogens is 1. The van der Waals surface area contributed by atoms with E-state index in [4.69, 9.17) is 12.2 Å². The Morgan fingerprint density at radius 3 is 2.44 bits per heavy atom. The van der Waals surface area contributed by atoms with Gasteiger partial charge in [0.15, 0.2) is 5.11 Å². The smallest absolute Gasteiger partial charge is 0.178 e. The lowest BCUT2D eigenvalue weighted by Crippen LogP contribution is -2.51. The molecule has 0 atom stereocenters. The first-order chi connectivity index (χ1) is 7.48. The Bertz CT molecular complexity index is 437. The number of nitrogens with one attached hydrogen (secondary N) is 1. The molecule has 16 heavy (non-hydrogen) atoms. The van der Waals surface area contributed by atoms with Gasteiger partial charge in [0, 0.05) is 15.5 Å². The van der Waals surface area contributed by atoms with Crippen LogP contribution in [0.15, 0.2) is 36.5 Å². The number of nitrogens with zero attached hydrogens (tertiary/aromatic N) is 1. The van der Waals surface area contributed by atoms with Crippen LogP contribution in [0.1, 0.15) is 13.8 Å². The van der Waals surface area contributed by atoms with Gasteiger partial charge < -0.3 is 5.32 Å². The first-order valence-corrected chi connectivity index (χ1v) is 6.53. The van der Waals surface area contributed by atoms with E-state index in [9.17, 15) is 0 Å². The highest BCUT2D eigenvalue weighted by atomic mass is 127. The van der Waals surface area contributed by atoms with Gasteiger partial charge in [0.05, 0.1) is 5.54 Å². The molecule has 0 unspecified atom stereocenters. The number of hydrogen-bond donors (Lipinski definition) is 1. The number of thiocarbonyl (C=S) groups is 1. The molecule has 0 aliphatic carbocycles. The molecular formula is C12H13IN2S. The van der Waals surface area contributed by atoms with E-state index in [0.717, 1.165) is 10.8 Å². The molecule has 0 saturated heterocycles. The van der Waals surface area contributed by atoms with Crippen molar-refractivity contribution in [2.45, 2.75) is 19.4 Å². The lowest BCUT2D eigenvalue weighted by atomic mass is 10.0. The molecule has 1 aromatic carbocycles. The molecule has 2 rings (SSSR count). The molecule has 1 aliphatic heterocycles.